The van der Waals surface area contributed by atoms with E-state index in [9.17, 15) is 14.0 Å². The number of amides is 2. The topological polar surface area (TPSA) is 101 Å². The zero-order valence-corrected chi connectivity index (χ0v) is 23.0. The monoisotopic (exact) mass is 556 g/mol. The Balaban J connectivity index is 1.51. The minimum atomic E-state index is -0.624. The van der Waals surface area contributed by atoms with Crippen LogP contribution in [0.2, 0.25) is 0 Å². The molecule has 210 valence electrons. The molecular weight excluding hydrogens is 526 g/mol. The summed E-state index contributed by atoms with van der Waals surface area (Å²) < 4.78 is 31.1. The van der Waals surface area contributed by atoms with Crippen LogP contribution in [0.5, 0.6) is 0 Å². The van der Waals surface area contributed by atoms with E-state index in [1.54, 1.807) is 36.8 Å². The standard InChI is InChI=1S/C31H30F2N6O2/c1-5-20(10-8-19(3)32)26-24(29(41)34-4)27-25(33)22(11-16-39(27)38-26)23-17-21(9-7-18(23)2)28(40)37-31(12-13-31)30-35-14-6-15-36-30/h5-11,14-16,23H,1,12-13,17H2,2-4H3,(H,34,41)(H,37,40). The Hall–Kier alpha value is -4.73. The molecule has 0 bridgehead atoms. The van der Waals surface area contributed by atoms with E-state index in [1.165, 1.54) is 36.7 Å². The van der Waals surface area contributed by atoms with Crippen LogP contribution < -0.4 is 10.6 Å². The fraction of sp³-hybridized carbons (Fsp3) is 0.258. The molecule has 3 aromatic heterocycles. The van der Waals surface area contributed by atoms with Crippen LogP contribution in [0.1, 0.15) is 66.5 Å². The third kappa shape index (κ3) is 5.25. The van der Waals surface area contributed by atoms with Gasteiger partial charge in [0.1, 0.15) is 16.7 Å². The number of hydrogen-bond acceptors (Lipinski definition) is 5. The first-order chi connectivity index (χ1) is 19.7. The number of carbonyl (C=O) groups excluding carboxylic acids is 2. The van der Waals surface area contributed by atoms with E-state index in [1.807, 2.05) is 13.0 Å². The molecule has 2 N–H and O–H groups in total. The third-order valence-electron chi connectivity index (χ3n) is 7.49. The van der Waals surface area contributed by atoms with Gasteiger partial charge in [-0.25, -0.2) is 23.3 Å². The van der Waals surface area contributed by atoms with E-state index in [2.05, 4.69) is 32.3 Å². The largest absolute Gasteiger partial charge is 0.355 e. The summed E-state index contributed by atoms with van der Waals surface area (Å²) >= 11 is 0. The molecule has 1 atom stereocenters. The summed E-state index contributed by atoms with van der Waals surface area (Å²) in [5.74, 6) is -1.74. The number of carbonyl (C=O) groups is 2. The van der Waals surface area contributed by atoms with Crippen LogP contribution >= 0.6 is 0 Å². The van der Waals surface area contributed by atoms with Crippen LogP contribution in [0, 0.1) is 5.82 Å². The van der Waals surface area contributed by atoms with E-state index in [0.29, 0.717) is 22.5 Å². The zero-order valence-electron chi connectivity index (χ0n) is 23.0. The van der Waals surface area contributed by atoms with Crippen molar-refractivity contribution >= 4 is 22.9 Å². The van der Waals surface area contributed by atoms with Gasteiger partial charge in [-0.15, -0.1) is 0 Å². The lowest BCUT2D eigenvalue weighted by Gasteiger charge is -2.25. The van der Waals surface area contributed by atoms with Gasteiger partial charge in [0.15, 0.2) is 11.6 Å². The lowest BCUT2D eigenvalue weighted by Crippen LogP contribution is -2.37. The van der Waals surface area contributed by atoms with Gasteiger partial charge in [0.05, 0.1) is 11.4 Å². The Kier molecular flexibility index (Phi) is 7.49. The van der Waals surface area contributed by atoms with Gasteiger partial charge in [-0.1, -0.05) is 36.5 Å². The predicted molar refractivity (Wildman–Crippen MR) is 152 cm³/mol. The quantitative estimate of drug-likeness (QED) is 0.370. The molecule has 41 heavy (non-hydrogen) atoms. The third-order valence-corrected chi connectivity index (χ3v) is 7.49. The van der Waals surface area contributed by atoms with Gasteiger partial charge >= 0.3 is 0 Å². The van der Waals surface area contributed by atoms with E-state index in [-0.39, 0.29) is 29.1 Å². The highest BCUT2D eigenvalue weighted by molar-refractivity contribution is 6.06. The Morgan fingerprint density at radius 2 is 1.90 bits per heavy atom. The van der Waals surface area contributed by atoms with Crippen molar-refractivity contribution in [2.75, 3.05) is 7.05 Å². The van der Waals surface area contributed by atoms with Crippen LogP contribution in [0.4, 0.5) is 8.78 Å². The molecule has 3 aromatic rings. The lowest BCUT2D eigenvalue weighted by atomic mass is 9.82. The van der Waals surface area contributed by atoms with E-state index < -0.39 is 29.0 Å². The van der Waals surface area contributed by atoms with Gasteiger partial charge in [0.25, 0.3) is 5.91 Å². The molecule has 1 saturated carbocycles. The molecular formula is C31H30F2N6O2. The molecule has 0 saturated heterocycles. The van der Waals surface area contributed by atoms with Gasteiger partial charge in [0.2, 0.25) is 5.91 Å². The minimum Gasteiger partial charge on any atom is -0.355 e. The summed E-state index contributed by atoms with van der Waals surface area (Å²) in [7, 11) is 1.44. The molecule has 0 aliphatic heterocycles. The van der Waals surface area contributed by atoms with E-state index in [0.717, 1.165) is 18.4 Å². The van der Waals surface area contributed by atoms with E-state index in [4.69, 9.17) is 0 Å². The molecule has 2 aliphatic rings. The van der Waals surface area contributed by atoms with Crippen molar-refractivity contribution in [3.05, 3.63) is 113 Å². The number of pyridine rings is 1. The smallest absolute Gasteiger partial charge is 0.255 e. The Bertz CT molecular complexity index is 1680. The first kappa shape index (κ1) is 27.8. The number of nitrogens with zero attached hydrogens (tertiary/aromatic N) is 4. The van der Waals surface area contributed by atoms with Crippen molar-refractivity contribution in [1.29, 1.82) is 0 Å². The van der Waals surface area contributed by atoms with Crippen LogP contribution in [0.15, 0.2) is 84.7 Å². The van der Waals surface area contributed by atoms with Crippen LogP contribution in [-0.2, 0) is 10.3 Å². The van der Waals surface area contributed by atoms with Crippen LogP contribution in [0.3, 0.4) is 0 Å². The van der Waals surface area contributed by atoms with Crippen molar-refractivity contribution in [3.8, 4) is 0 Å². The Morgan fingerprint density at radius 3 is 2.54 bits per heavy atom. The highest BCUT2D eigenvalue weighted by Gasteiger charge is 2.48. The van der Waals surface area contributed by atoms with Crippen molar-refractivity contribution in [2.24, 2.45) is 0 Å². The fourth-order valence-corrected chi connectivity index (χ4v) is 5.07. The molecule has 3 heterocycles. The average molecular weight is 557 g/mol. The van der Waals surface area contributed by atoms with Gasteiger partial charge in [-0.05, 0) is 56.9 Å². The maximum Gasteiger partial charge on any atom is 0.255 e. The van der Waals surface area contributed by atoms with Crippen LogP contribution in [-0.4, -0.2) is 38.4 Å². The highest BCUT2D eigenvalue weighted by Crippen LogP contribution is 2.44. The number of aromatic nitrogens is 4. The first-order valence-electron chi connectivity index (χ1n) is 13.3. The van der Waals surface area contributed by atoms with Gasteiger partial charge in [-0.3, -0.25) is 9.59 Å². The molecule has 10 heteroatoms. The van der Waals surface area contributed by atoms with Crippen molar-refractivity contribution in [3.63, 3.8) is 0 Å². The number of nitrogens with one attached hydrogen (secondary N) is 2. The second-order valence-electron chi connectivity index (χ2n) is 10.2. The molecule has 0 radical (unpaired) electrons. The molecule has 2 amide bonds. The number of hydrogen-bond donors (Lipinski definition) is 2. The molecule has 5 rings (SSSR count). The second kappa shape index (κ2) is 11.0. The number of fused-ring (bicyclic) bond motifs is 1. The Morgan fingerprint density at radius 1 is 1.17 bits per heavy atom. The van der Waals surface area contributed by atoms with Gasteiger partial charge in [-0.2, -0.15) is 5.10 Å². The molecule has 0 aromatic carbocycles. The average Bonchev–Trinajstić information content (AvgIpc) is 3.65. The maximum absolute atomic E-state index is 16.4. The molecule has 8 nitrogen and oxygen atoms in total. The summed E-state index contributed by atoms with van der Waals surface area (Å²) in [6, 6.07) is 3.34. The maximum atomic E-state index is 16.4. The molecule has 1 unspecified atom stereocenters. The summed E-state index contributed by atoms with van der Waals surface area (Å²) in [6.45, 7) is 6.92. The van der Waals surface area contributed by atoms with Crippen LogP contribution in [0.25, 0.3) is 11.1 Å². The van der Waals surface area contributed by atoms with Crippen molar-refractivity contribution in [2.45, 2.75) is 44.6 Å². The van der Waals surface area contributed by atoms with Crippen molar-refractivity contribution in [1.82, 2.24) is 30.2 Å². The summed E-state index contributed by atoms with van der Waals surface area (Å²) in [5.41, 5.74) is 1.64. The predicted octanol–water partition coefficient (Wildman–Crippen LogP) is 5.23. The van der Waals surface area contributed by atoms with Crippen molar-refractivity contribution < 1.29 is 18.4 Å². The summed E-state index contributed by atoms with van der Waals surface area (Å²) in [6.07, 6.45) is 14.3. The fourth-order valence-electron chi connectivity index (χ4n) is 5.07. The second-order valence-corrected chi connectivity index (χ2v) is 10.2. The summed E-state index contributed by atoms with van der Waals surface area (Å²) in [5, 5.41) is 10.1. The normalized spacial score (nSPS) is 18.4. The number of allylic oxidation sites excluding steroid dienone is 8. The summed E-state index contributed by atoms with van der Waals surface area (Å²) in [4.78, 5) is 35.0. The highest BCUT2D eigenvalue weighted by atomic mass is 19.1. The molecule has 2 aliphatic carbocycles. The molecule has 1 fully saturated rings. The SMILES string of the molecule is C=CC(=CC=C(C)F)c1nn2ccc(C3CC(C(=O)NC4(c5ncccn5)CC4)=CC=C3C)c(F)c2c1C(=O)NC. The molecule has 0 spiro atoms. The van der Waals surface area contributed by atoms with Gasteiger partial charge in [0, 0.05) is 42.7 Å². The Labute approximate surface area is 236 Å². The van der Waals surface area contributed by atoms with E-state index >= 15 is 4.39 Å². The lowest BCUT2D eigenvalue weighted by molar-refractivity contribution is -0.118. The first-order valence-corrected chi connectivity index (χ1v) is 13.3. The zero-order chi connectivity index (χ0) is 29.3. The number of rotatable bonds is 8. The minimum absolute atomic E-state index is 0.00685. The van der Waals surface area contributed by atoms with Gasteiger partial charge < -0.3 is 10.6 Å². The number of halogens is 2.